The van der Waals surface area contributed by atoms with Gasteiger partial charge in [-0.2, -0.15) is 0 Å². The molecule has 21 heavy (non-hydrogen) atoms. The molecular weight excluding hydrogens is 280 g/mol. The first-order chi connectivity index (χ1) is 10.1. The van der Waals surface area contributed by atoms with E-state index in [0.29, 0.717) is 18.1 Å². The molecule has 0 aliphatic rings. The van der Waals surface area contributed by atoms with Crippen LogP contribution in [0.5, 0.6) is 11.5 Å². The number of rotatable bonds is 7. The Labute approximate surface area is 122 Å². The van der Waals surface area contributed by atoms with Gasteiger partial charge in [0.15, 0.2) is 11.5 Å². The van der Waals surface area contributed by atoms with Crippen molar-refractivity contribution in [2.45, 2.75) is 0 Å². The molecule has 0 bridgehead atoms. The van der Waals surface area contributed by atoms with Crippen LogP contribution in [0.15, 0.2) is 12.1 Å². The van der Waals surface area contributed by atoms with Gasteiger partial charge in [0.05, 0.1) is 39.1 Å². The average Bonchev–Trinajstić information content (AvgIpc) is 2.52. The van der Waals surface area contributed by atoms with Crippen LogP contribution in [0.25, 0.3) is 0 Å². The third-order valence-corrected chi connectivity index (χ3v) is 2.66. The van der Waals surface area contributed by atoms with Crippen LogP contribution in [0.3, 0.4) is 0 Å². The highest BCUT2D eigenvalue weighted by Crippen LogP contribution is 2.31. The maximum Gasteiger partial charge on any atom is 0.338 e. The van der Waals surface area contributed by atoms with Gasteiger partial charge in [-0.3, -0.25) is 0 Å². The monoisotopic (exact) mass is 298 g/mol. The number of carbonyl (C=O) groups is 2. The molecule has 0 saturated heterocycles. The van der Waals surface area contributed by atoms with E-state index >= 15 is 0 Å². The van der Waals surface area contributed by atoms with E-state index in [2.05, 4.69) is 9.47 Å². The Hall–Kier alpha value is -2.28. The molecule has 1 aromatic carbocycles. The lowest BCUT2D eigenvalue weighted by molar-refractivity contribution is 0.0554. The average molecular weight is 298 g/mol. The number of carbonyl (C=O) groups excluding carboxylic acids is 2. The quantitative estimate of drug-likeness (QED) is 0.554. The van der Waals surface area contributed by atoms with E-state index in [0.717, 1.165) is 0 Å². The van der Waals surface area contributed by atoms with Crippen LogP contribution >= 0.6 is 0 Å². The van der Waals surface area contributed by atoms with E-state index in [-0.39, 0.29) is 17.7 Å². The van der Waals surface area contributed by atoms with Crippen LogP contribution < -0.4 is 9.47 Å². The lowest BCUT2D eigenvalue weighted by Crippen LogP contribution is -2.13. The van der Waals surface area contributed by atoms with Gasteiger partial charge >= 0.3 is 11.9 Å². The van der Waals surface area contributed by atoms with E-state index in [1.165, 1.54) is 33.5 Å². The van der Waals surface area contributed by atoms with Gasteiger partial charge in [0.1, 0.15) is 6.61 Å². The lowest BCUT2D eigenvalue weighted by atomic mass is 10.1. The van der Waals surface area contributed by atoms with E-state index in [9.17, 15) is 9.59 Å². The number of hydrogen-bond acceptors (Lipinski definition) is 7. The molecule has 0 saturated carbocycles. The largest absolute Gasteiger partial charge is 0.493 e. The smallest absolute Gasteiger partial charge is 0.338 e. The minimum absolute atomic E-state index is 0.0394. The zero-order valence-electron chi connectivity index (χ0n) is 12.4. The van der Waals surface area contributed by atoms with Crippen molar-refractivity contribution in [3.8, 4) is 11.5 Å². The second-order valence-electron chi connectivity index (χ2n) is 3.87. The molecule has 0 amide bonds. The standard InChI is InChI=1S/C14H18O7/c1-17-5-6-21-12-8-10(14(16)20-4)9(13(15)19-3)7-11(12)18-2/h7-8H,5-6H2,1-4H3. The molecular formula is C14H18O7. The summed E-state index contributed by atoms with van der Waals surface area (Å²) < 4.78 is 24.8. The fraction of sp³-hybridized carbons (Fsp3) is 0.429. The van der Waals surface area contributed by atoms with Crippen LogP contribution in [0, 0.1) is 0 Å². The highest BCUT2D eigenvalue weighted by molar-refractivity contribution is 6.04. The summed E-state index contributed by atoms with van der Waals surface area (Å²) >= 11 is 0. The predicted molar refractivity (Wildman–Crippen MR) is 73.0 cm³/mol. The van der Waals surface area contributed by atoms with Crippen molar-refractivity contribution < 1.29 is 33.3 Å². The molecule has 0 aromatic heterocycles. The summed E-state index contributed by atoms with van der Waals surface area (Å²) in [7, 11) is 5.41. The van der Waals surface area contributed by atoms with Gasteiger partial charge in [-0.05, 0) is 12.1 Å². The minimum Gasteiger partial charge on any atom is -0.493 e. The summed E-state index contributed by atoms with van der Waals surface area (Å²) in [6, 6.07) is 2.76. The van der Waals surface area contributed by atoms with Crippen LogP contribution in [-0.2, 0) is 14.2 Å². The Morgan fingerprint density at radius 2 is 1.38 bits per heavy atom. The first kappa shape index (κ1) is 16.8. The Kier molecular flexibility index (Phi) is 6.48. The molecule has 0 aliphatic carbocycles. The van der Waals surface area contributed by atoms with Crippen molar-refractivity contribution in [1.29, 1.82) is 0 Å². The number of benzene rings is 1. The number of methoxy groups -OCH3 is 4. The molecule has 0 atom stereocenters. The van der Waals surface area contributed by atoms with E-state index in [4.69, 9.17) is 14.2 Å². The Morgan fingerprint density at radius 3 is 1.81 bits per heavy atom. The zero-order chi connectivity index (χ0) is 15.8. The molecule has 0 unspecified atom stereocenters. The van der Waals surface area contributed by atoms with Gasteiger partial charge in [0.2, 0.25) is 0 Å². The second kappa shape index (κ2) is 8.11. The van der Waals surface area contributed by atoms with Gasteiger partial charge in [-0.15, -0.1) is 0 Å². The Morgan fingerprint density at radius 1 is 0.857 bits per heavy atom. The van der Waals surface area contributed by atoms with Crippen LogP contribution in [0.4, 0.5) is 0 Å². The van der Waals surface area contributed by atoms with Gasteiger partial charge in [-0.1, -0.05) is 0 Å². The number of hydrogen-bond donors (Lipinski definition) is 0. The predicted octanol–water partition coefficient (Wildman–Crippen LogP) is 1.29. The molecule has 0 heterocycles. The van der Waals surface area contributed by atoms with E-state index in [1.807, 2.05) is 0 Å². The van der Waals surface area contributed by atoms with Crippen molar-refractivity contribution in [2.75, 3.05) is 41.7 Å². The third kappa shape index (κ3) is 4.09. The third-order valence-electron chi connectivity index (χ3n) is 2.66. The van der Waals surface area contributed by atoms with E-state index < -0.39 is 11.9 Å². The van der Waals surface area contributed by atoms with Crippen LogP contribution in [0.2, 0.25) is 0 Å². The second-order valence-corrected chi connectivity index (χ2v) is 3.87. The highest BCUT2D eigenvalue weighted by atomic mass is 16.5. The summed E-state index contributed by atoms with van der Waals surface area (Å²) in [6.07, 6.45) is 0. The molecule has 7 heteroatoms. The molecule has 0 N–H and O–H groups in total. The van der Waals surface area contributed by atoms with Gasteiger partial charge in [0, 0.05) is 7.11 Å². The summed E-state index contributed by atoms with van der Waals surface area (Å²) in [5.41, 5.74) is 0.0814. The topological polar surface area (TPSA) is 80.3 Å². The molecule has 0 spiro atoms. The normalized spacial score (nSPS) is 9.90. The van der Waals surface area contributed by atoms with Crippen molar-refractivity contribution in [2.24, 2.45) is 0 Å². The minimum atomic E-state index is -0.672. The van der Waals surface area contributed by atoms with Crippen LogP contribution in [0.1, 0.15) is 20.7 Å². The maximum absolute atomic E-state index is 11.8. The number of esters is 2. The molecule has 0 radical (unpaired) electrons. The first-order valence-corrected chi connectivity index (χ1v) is 6.09. The molecule has 7 nitrogen and oxygen atoms in total. The lowest BCUT2D eigenvalue weighted by Gasteiger charge is -2.14. The van der Waals surface area contributed by atoms with Crippen LogP contribution in [-0.4, -0.2) is 53.6 Å². The molecule has 0 fully saturated rings. The van der Waals surface area contributed by atoms with Crippen molar-refractivity contribution in [3.63, 3.8) is 0 Å². The fourth-order valence-electron chi connectivity index (χ4n) is 1.62. The van der Waals surface area contributed by atoms with Gasteiger partial charge in [-0.25, -0.2) is 9.59 Å². The van der Waals surface area contributed by atoms with Crippen molar-refractivity contribution >= 4 is 11.9 Å². The Bertz CT molecular complexity index is 510. The molecule has 1 aromatic rings. The number of ether oxygens (including phenoxy) is 5. The summed E-state index contributed by atoms with van der Waals surface area (Å²) in [6.45, 7) is 0.639. The highest BCUT2D eigenvalue weighted by Gasteiger charge is 2.22. The zero-order valence-corrected chi connectivity index (χ0v) is 12.4. The fourth-order valence-corrected chi connectivity index (χ4v) is 1.62. The molecule has 0 aliphatic heterocycles. The summed E-state index contributed by atoms with van der Waals surface area (Å²) in [5, 5.41) is 0. The summed E-state index contributed by atoms with van der Waals surface area (Å²) in [5.74, 6) is -0.728. The van der Waals surface area contributed by atoms with E-state index in [1.54, 1.807) is 7.11 Å². The van der Waals surface area contributed by atoms with Gasteiger partial charge in [0.25, 0.3) is 0 Å². The SMILES string of the molecule is COCCOc1cc(C(=O)OC)c(C(=O)OC)cc1OC. The first-order valence-electron chi connectivity index (χ1n) is 6.09. The molecule has 1 rings (SSSR count). The van der Waals surface area contributed by atoms with Crippen molar-refractivity contribution in [1.82, 2.24) is 0 Å². The summed E-state index contributed by atoms with van der Waals surface area (Å²) in [4.78, 5) is 23.5. The maximum atomic E-state index is 11.8. The van der Waals surface area contributed by atoms with Crippen molar-refractivity contribution in [3.05, 3.63) is 23.3 Å². The molecule has 116 valence electrons. The van der Waals surface area contributed by atoms with Gasteiger partial charge < -0.3 is 23.7 Å². The Balaban J connectivity index is 3.26.